The first-order chi connectivity index (χ1) is 32.9. The molecule has 3 N–H and O–H groups in total. The zero-order valence-electron chi connectivity index (χ0n) is 44.1. The monoisotopic (exact) mass is 964 g/mol. The second-order valence-electron chi connectivity index (χ2n) is 19.1. The quantitative estimate of drug-likeness (QED) is 0.0268. The van der Waals surface area contributed by atoms with E-state index in [1.165, 1.54) is 199 Å². The minimum atomic E-state index is -4.29. The molecule has 0 heterocycles. The van der Waals surface area contributed by atoms with Crippen molar-refractivity contribution in [2.75, 3.05) is 33.0 Å². The van der Waals surface area contributed by atoms with E-state index in [4.69, 9.17) is 24.3 Å². The van der Waals surface area contributed by atoms with E-state index < -0.39 is 13.9 Å². The predicted molar refractivity (Wildman–Crippen MR) is 289 cm³/mol. The van der Waals surface area contributed by atoms with E-state index in [1.54, 1.807) is 0 Å². The third-order valence-corrected chi connectivity index (χ3v) is 13.5. The Balaban J connectivity index is 3.86. The molecule has 67 heavy (non-hydrogen) atoms. The first-order valence-electron chi connectivity index (χ1n) is 28.6. The van der Waals surface area contributed by atoms with Crippen molar-refractivity contribution in [2.45, 2.75) is 283 Å². The lowest BCUT2D eigenvalue weighted by molar-refractivity contribution is -0.154. The van der Waals surface area contributed by atoms with Crippen LogP contribution >= 0.6 is 7.82 Å². The third-order valence-electron chi connectivity index (χ3n) is 12.5. The molecular weight excluding hydrogens is 854 g/mol. The Morgan fingerprint density at radius 1 is 0.463 bits per heavy atom. The molecule has 0 spiro atoms. The Morgan fingerprint density at radius 2 is 0.836 bits per heavy atom. The number of rotatable bonds is 55. The van der Waals surface area contributed by atoms with Crippen molar-refractivity contribution >= 4 is 13.8 Å². The maximum atomic E-state index is 12.7. The van der Waals surface area contributed by atoms with E-state index in [1.807, 2.05) is 0 Å². The lowest BCUT2D eigenvalue weighted by atomic mass is 10.0. The molecule has 0 aliphatic rings. The molecule has 394 valence electrons. The first kappa shape index (κ1) is 65.5. The van der Waals surface area contributed by atoms with Gasteiger partial charge in [-0.3, -0.25) is 13.8 Å². The van der Waals surface area contributed by atoms with Gasteiger partial charge in [0.25, 0.3) is 0 Å². The second-order valence-corrected chi connectivity index (χ2v) is 20.6. The summed E-state index contributed by atoms with van der Waals surface area (Å²) in [6.07, 6.45) is 68.8. The van der Waals surface area contributed by atoms with Crippen LogP contribution in [0.25, 0.3) is 0 Å². The van der Waals surface area contributed by atoms with E-state index in [0.29, 0.717) is 13.0 Å². The van der Waals surface area contributed by atoms with E-state index >= 15 is 0 Å². The molecule has 0 saturated carbocycles. The Hall–Kier alpha value is -1.54. The summed E-state index contributed by atoms with van der Waals surface area (Å²) in [6, 6.07) is 0. The highest BCUT2D eigenvalue weighted by Crippen LogP contribution is 2.43. The van der Waals surface area contributed by atoms with E-state index in [2.05, 4.69) is 62.5 Å². The average Bonchev–Trinajstić information content (AvgIpc) is 3.32. The van der Waals surface area contributed by atoms with Gasteiger partial charge in [0.05, 0.1) is 19.8 Å². The zero-order valence-corrected chi connectivity index (χ0v) is 45.0. The van der Waals surface area contributed by atoms with Crippen LogP contribution in [0.1, 0.15) is 277 Å². The van der Waals surface area contributed by atoms with Gasteiger partial charge in [0.2, 0.25) is 0 Å². The van der Waals surface area contributed by atoms with Crippen LogP contribution in [0.5, 0.6) is 0 Å². The summed E-state index contributed by atoms with van der Waals surface area (Å²) in [5.74, 6) is -0.330. The number of phosphoric ester groups is 1. The van der Waals surface area contributed by atoms with Crippen LogP contribution in [0, 0.1) is 0 Å². The summed E-state index contributed by atoms with van der Waals surface area (Å²) in [5, 5.41) is 0. The van der Waals surface area contributed by atoms with Gasteiger partial charge in [-0.15, -0.1) is 0 Å². The molecule has 2 atom stereocenters. The van der Waals surface area contributed by atoms with Gasteiger partial charge < -0.3 is 20.1 Å². The fourth-order valence-corrected chi connectivity index (χ4v) is 9.11. The molecule has 0 radical (unpaired) electrons. The summed E-state index contributed by atoms with van der Waals surface area (Å²) in [4.78, 5) is 22.7. The molecule has 8 nitrogen and oxygen atoms in total. The van der Waals surface area contributed by atoms with Gasteiger partial charge in [-0.2, -0.15) is 0 Å². The molecule has 0 fully saturated rings. The van der Waals surface area contributed by atoms with Gasteiger partial charge in [0.1, 0.15) is 6.10 Å². The van der Waals surface area contributed by atoms with Crippen molar-refractivity contribution in [3.63, 3.8) is 0 Å². The zero-order chi connectivity index (χ0) is 48.7. The fraction of sp³-hybridized carbons (Fsp3) is 0.845. The number of carbonyl (C=O) groups is 1. The normalized spacial score (nSPS) is 13.6. The standard InChI is InChI=1S/C58H110NO7P/c1-3-5-7-9-11-13-15-17-19-21-23-25-27-28-30-32-34-36-38-40-42-44-46-48-50-53-63-55-57(56-65-67(61,62)64-54-52-59)66-58(60)51-49-47-45-43-41-39-37-35-33-31-29-26-24-22-20-18-16-14-12-10-8-6-4-2/h6,8,12,14,18,20,24,26,57H,3-5,7,9-11,13,15-17,19,21-23,25,27-56,59H2,1-2H3,(H,61,62)/b8-6-,14-12-,20-18-,26-24-. The molecule has 0 aromatic carbocycles. The maximum absolute atomic E-state index is 12.7. The van der Waals surface area contributed by atoms with Crippen LogP contribution in [0.15, 0.2) is 48.6 Å². The van der Waals surface area contributed by atoms with Crippen molar-refractivity contribution in [1.82, 2.24) is 0 Å². The molecular formula is C58H110NO7P. The average molecular weight is 964 g/mol. The van der Waals surface area contributed by atoms with E-state index in [-0.39, 0.29) is 32.3 Å². The lowest BCUT2D eigenvalue weighted by Crippen LogP contribution is -2.28. The number of nitrogens with two attached hydrogens (primary N) is 1. The number of esters is 1. The van der Waals surface area contributed by atoms with E-state index in [0.717, 1.165) is 57.8 Å². The topological polar surface area (TPSA) is 117 Å². The number of allylic oxidation sites excluding steroid dienone is 8. The fourth-order valence-electron chi connectivity index (χ4n) is 8.34. The van der Waals surface area contributed by atoms with Gasteiger partial charge in [-0.05, 0) is 51.4 Å². The molecule has 0 aliphatic carbocycles. The van der Waals surface area contributed by atoms with Crippen LogP contribution in [0.2, 0.25) is 0 Å². The van der Waals surface area contributed by atoms with Gasteiger partial charge >= 0.3 is 13.8 Å². The number of phosphoric acid groups is 1. The van der Waals surface area contributed by atoms with Gasteiger partial charge in [-0.25, -0.2) is 4.57 Å². The summed E-state index contributed by atoms with van der Waals surface area (Å²) in [7, 11) is -4.29. The Labute approximate surface area is 415 Å². The van der Waals surface area contributed by atoms with Crippen molar-refractivity contribution in [1.29, 1.82) is 0 Å². The molecule has 9 heteroatoms. The summed E-state index contributed by atoms with van der Waals surface area (Å²) >= 11 is 0. The molecule has 0 saturated heterocycles. The van der Waals surface area contributed by atoms with Crippen LogP contribution in [0.3, 0.4) is 0 Å². The number of hydrogen-bond donors (Lipinski definition) is 2. The third kappa shape index (κ3) is 55.3. The van der Waals surface area contributed by atoms with Crippen LogP contribution in [-0.4, -0.2) is 49.9 Å². The number of carbonyl (C=O) groups excluding carboxylic acids is 1. The highest BCUT2D eigenvalue weighted by molar-refractivity contribution is 7.47. The first-order valence-corrected chi connectivity index (χ1v) is 30.1. The number of ether oxygens (including phenoxy) is 2. The summed E-state index contributed by atoms with van der Waals surface area (Å²) in [5.41, 5.74) is 5.40. The van der Waals surface area contributed by atoms with Crippen LogP contribution in [-0.2, 0) is 27.9 Å². The summed E-state index contributed by atoms with van der Waals surface area (Å²) < 4.78 is 33.7. The van der Waals surface area contributed by atoms with Gasteiger partial charge in [0, 0.05) is 19.6 Å². The molecule has 2 unspecified atom stereocenters. The smallest absolute Gasteiger partial charge is 0.457 e. The SMILES string of the molecule is CC/C=C\C/C=C\C/C=C\C/C=C\CCCCCCCCCCCCC(=O)OC(COCCCCCCCCCCCCCCCCCCCCCCCCCCC)COP(=O)(O)OCCN. The lowest BCUT2D eigenvalue weighted by Gasteiger charge is -2.20. The number of hydrogen-bond acceptors (Lipinski definition) is 7. The van der Waals surface area contributed by atoms with Crippen molar-refractivity contribution in [3.05, 3.63) is 48.6 Å². The molecule has 0 rings (SSSR count). The number of unbranched alkanes of at least 4 members (excludes halogenated alkanes) is 34. The maximum Gasteiger partial charge on any atom is 0.472 e. The van der Waals surface area contributed by atoms with Crippen molar-refractivity contribution in [3.8, 4) is 0 Å². The highest BCUT2D eigenvalue weighted by Gasteiger charge is 2.25. The minimum Gasteiger partial charge on any atom is -0.457 e. The van der Waals surface area contributed by atoms with Gasteiger partial charge in [-0.1, -0.05) is 268 Å². The van der Waals surface area contributed by atoms with E-state index in [9.17, 15) is 14.3 Å². The minimum absolute atomic E-state index is 0.0957. The molecule has 0 bridgehead atoms. The Bertz CT molecular complexity index is 1170. The molecule has 0 aromatic rings. The molecule has 0 amide bonds. The molecule has 0 aliphatic heterocycles. The molecule has 0 aromatic heterocycles. The Morgan fingerprint density at radius 3 is 1.25 bits per heavy atom. The summed E-state index contributed by atoms with van der Waals surface area (Å²) in [6.45, 7) is 4.86. The second kappa shape index (κ2) is 55.4. The van der Waals surface area contributed by atoms with Gasteiger partial charge in [0.15, 0.2) is 0 Å². The largest absolute Gasteiger partial charge is 0.472 e. The van der Waals surface area contributed by atoms with Crippen molar-refractivity contribution in [2.24, 2.45) is 5.73 Å². The van der Waals surface area contributed by atoms with Crippen LogP contribution < -0.4 is 5.73 Å². The predicted octanol–water partition coefficient (Wildman–Crippen LogP) is 18.3. The highest BCUT2D eigenvalue weighted by atomic mass is 31.2. The van der Waals surface area contributed by atoms with Crippen LogP contribution in [0.4, 0.5) is 0 Å². The Kier molecular flexibility index (Phi) is 54.1. The van der Waals surface area contributed by atoms with Crippen molar-refractivity contribution < 1.29 is 32.8 Å².